The van der Waals surface area contributed by atoms with Crippen LogP contribution >= 0.6 is 0 Å². The number of carbonyl (C=O) groups is 1. The molecule has 4 heteroatoms. The van der Waals surface area contributed by atoms with E-state index >= 15 is 0 Å². The summed E-state index contributed by atoms with van der Waals surface area (Å²) in [7, 11) is 0. The second-order valence-corrected chi connectivity index (χ2v) is 4.96. The lowest BCUT2D eigenvalue weighted by atomic mass is 10.0. The summed E-state index contributed by atoms with van der Waals surface area (Å²) in [4.78, 5) is 24.5. The second kappa shape index (κ2) is 4.70. The molecular formula is C18H10O4. The molecular weight excluding hydrogens is 280 g/mol. The molecule has 106 valence electrons. The van der Waals surface area contributed by atoms with Crippen LogP contribution in [0.4, 0.5) is 0 Å². The van der Waals surface area contributed by atoms with Crippen molar-refractivity contribution in [3.8, 4) is 5.75 Å². The Balaban J connectivity index is 1.92. The van der Waals surface area contributed by atoms with Crippen LogP contribution in [0.15, 0.2) is 64.0 Å². The molecule has 2 aromatic carbocycles. The van der Waals surface area contributed by atoms with E-state index in [0.717, 1.165) is 0 Å². The van der Waals surface area contributed by atoms with Gasteiger partial charge in [0.05, 0.1) is 16.5 Å². The predicted molar refractivity (Wildman–Crippen MR) is 82.4 cm³/mol. The molecule has 0 unspecified atom stereocenters. The minimum absolute atomic E-state index is 0.175. The number of esters is 1. The quantitative estimate of drug-likeness (QED) is 0.392. The van der Waals surface area contributed by atoms with Crippen LogP contribution in [0, 0.1) is 0 Å². The summed E-state index contributed by atoms with van der Waals surface area (Å²) in [5, 5.41) is 0.483. The number of hydrogen-bond donors (Lipinski definition) is 0. The van der Waals surface area contributed by atoms with Gasteiger partial charge in [0.15, 0.2) is 5.43 Å². The zero-order chi connectivity index (χ0) is 15.1. The Labute approximate surface area is 125 Å². The standard InChI is InChI=1S/C18H10O4/c19-17-11(10-21-15-7-3-2-6-13(15)17)9-14-12-5-1-4-8-16(12)22-18(14)20/h1-10H. The summed E-state index contributed by atoms with van der Waals surface area (Å²) in [5.74, 6) is 0.0395. The van der Waals surface area contributed by atoms with Gasteiger partial charge in [-0.3, -0.25) is 4.79 Å². The highest BCUT2D eigenvalue weighted by atomic mass is 16.5. The van der Waals surface area contributed by atoms with Gasteiger partial charge in [0.1, 0.15) is 17.6 Å². The predicted octanol–water partition coefficient (Wildman–Crippen LogP) is 3.25. The third-order valence-corrected chi connectivity index (χ3v) is 3.61. The first kappa shape index (κ1) is 12.6. The van der Waals surface area contributed by atoms with E-state index in [9.17, 15) is 9.59 Å². The van der Waals surface area contributed by atoms with Gasteiger partial charge in [-0.2, -0.15) is 0 Å². The molecule has 1 aliphatic heterocycles. The van der Waals surface area contributed by atoms with E-state index in [4.69, 9.17) is 9.15 Å². The summed E-state index contributed by atoms with van der Waals surface area (Å²) >= 11 is 0. The number of rotatable bonds is 1. The van der Waals surface area contributed by atoms with Crippen LogP contribution in [0.3, 0.4) is 0 Å². The number of carbonyl (C=O) groups excluding carboxylic acids is 1. The van der Waals surface area contributed by atoms with Crippen molar-refractivity contribution in [1.82, 2.24) is 0 Å². The zero-order valence-corrected chi connectivity index (χ0v) is 11.4. The third-order valence-electron chi connectivity index (χ3n) is 3.61. The van der Waals surface area contributed by atoms with Crippen molar-refractivity contribution in [2.75, 3.05) is 0 Å². The molecule has 0 fully saturated rings. The molecule has 2 heterocycles. The normalized spacial score (nSPS) is 15.1. The van der Waals surface area contributed by atoms with Gasteiger partial charge in [-0.15, -0.1) is 0 Å². The molecule has 0 saturated heterocycles. The molecule has 4 nitrogen and oxygen atoms in total. The fourth-order valence-electron chi connectivity index (χ4n) is 2.53. The summed E-state index contributed by atoms with van der Waals surface area (Å²) in [6.45, 7) is 0. The highest BCUT2D eigenvalue weighted by Crippen LogP contribution is 2.34. The molecule has 1 aliphatic rings. The maximum absolute atomic E-state index is 12.5. The minimum Gasteiger partial charge on any atom is -0.463 e. The largest absolute Gasteiger partial charge is 0.463 e. The SMILES string of the molecule is O=C1Oc2ccccc2C1=Cc1coc2ccccc2c1=O. The Morgan fingerprint density at radius 3 is 2.59 bits per heavy atom. The Hall–Kier alpha value is -3.14. The lowest BCUT2D eigenvalue weighted by molar-refractivity contribution is -0.126. The number of ether oxygens (including phenoxy) is 1. The van der Waals surface area contributed by atoms with Crippen molar-refractivity contribution in [2.45, 2.75) is 0 Å². The molecule has 0 N–H and O–H groups in total. The zero-order valence-electron chi connectivity index (χ0n) is 11.4. The molecule has 4 rings (SSSR count). The van der Waals surface area contributed by atoms with Gasteiger partial charge in [-0.25, -0.2) is 4.79 Å². The molecule has 0 radical (unpaired) electrons. The highest BCUT2D eigenvalue weighted by Gasteiger charge is 2.26. The van der Waals surface area contributed by atoms with Gasteiger partial charge in [0.2, 0.25) is 0 Å². The fraction of sp³-hybridized carbons (Fsp3) is 0. The molecule has 22 heavy (non-hydrogen) atoms. The van der Waals surface area contributed by atoms with Crippen LogP contribution in [0.25, 0.3) is 22.6 Å². The summed E-state index contributed by atoms with van der Waals surface area (Å²) < 4.78 is 10.6. The summed E-state index contributed by atoms with van der Waals surface area (Å²) in [6.07, 6.45) is 2.89. The van der Waals surface area contributed by atoms with Crippen molar-refractivity contribution < 1.29 is 13.9 Å². The monoisotopic (exact) mass is 290 g/mol. The van der Waals surface area contributed by atoms with E-state index in [0.29, 0.717) is 33.4 Å². The van der Waals surface area contributed by atoms with Crippen LogP contribution in [-0.2, 0) is 4.79 Å². The van der Waals surface area contributed by atoms with Crippen LogP contribution in [0.5, 0.6) is 5.75 Å². The average Bonchev–Trinajstić information content (AvgIpc) is 2.86. The van der Waals surface area contributed by atoms with Gasteiger partial charge < -0.3 is 9.15 Å². The van der Waals surface area contributed by atoms with Crippen molar-refractivity contribution in [1.29, 1.82) is 0 Å². The molecule has 0 amide bonds. The van der Waals surface area contributed by atoms with Crippen LogP contribution < -0.4 is 10.2 Å². The van der Waals surface area contributed by atoms with Crippen molar-refractivity contribution in [3.05, 3.63) is 76.1 Å². The van der Waals surface area contributed by atoms with Crippen molar-refractivity contribution >= 4 is 28.6 Å². The number of fused-ring (bicyclic) bond motifs is 2. The second-order valence-electron chi connectivity index (χ2n) is 4.96. The van der Waals surface area contributed by atoms with Gasteiger partial charge >= 0.3 is 5.97 Å². The highest BCUT2D eigenvalue weighted by molar-refractivity contribution is 6.26. The Morgan fingerprint density at radius 1 is 0.909 bits per heavy atom. The van der Waals surface area contributed by atoms with E-state index in [2.05, 4.69) is 0 Å². The van der Waals surface area contributed by atoms with E-state index in [1.807, 2.05) is 6.07 Å². The van der Waals surface area contributed by atoms with Crippen molar-refractivity contribution in [3.63, 3.8) is 0 Å². The van der Waals surface area contributed by atoms with Gasteiger partial charge in [-0.1, -0.05) is 30.3 Å². The molecule has 0 bridgehead atoms. The number of para-hydroxylation sites is 2. The van der Waals surface area contributed by atoms with Crippen LogP contribution in [-0.4, -0.2) is 5.97 Å². The Morgan fingerprint density at radius 2 is 1.68 bits per heavy atom. The molecule has 0 spiro atoms. The summed E-state index contributed by atoms with van der Waals surface area (Å²) in [5.41, 5.74) is 1.70. The van der Waals surface area contributed by atoms with E-state index in [-0.39, 0.29) is 5.43 Å². The van der Waals surface area contributed by atoms with E-state index in [1.165, 1.54) is 12.3 Å². The maximum atomic E-state index is 12.5. The third kappa shape index (κ3) is 1.85. The lowest BCUT2D eigenvalue weighted by Gasteiger charge is -1.99. The summed E-state index contributed by atoms with van der Waals surface area (Å²) in [6, 6.07) is 14.1. The Kier molecular flexibility index (Phi) is 2.69. The van der Waals surface area contributed by atoms with E-state index < -0.39 is 5.97 Å². The average molecular weight is 290 g/mol. The first-order valence-electron chi connectivity index (χ1n) is 6.78. The smallest absolute Gasteiger partial charge is 0.344 e. The Bertz CT molecular complexity index is 995. The lowest BCUT2D eigenvalue weighted by Crippen LogP contribution is -2.06. The van der Waals surface area contributed by atoms with Gasteiger partial charge in [0.25, 0.3) is 0 Å². The van der Waals surface area contributed by atoms with Crippen LogP contribution in [0.1, 0.15) is 11.1 Å². The topological polar surface area (TPSA) is 56.5 Å². The minimum atomic E-state index is -0.464. The van der Waals surface area contributed by atoms with E-state index in [1.54, 1.807) is 42.5 Å². The number of hydrogen-bond acceptors (Lipinski definition) is 4. The molecule has 3 aromatic rings. The van der Waals surface area contributed by atoms with Gasteiger partial charge in [0, 0.05) is 5.56 Å². The maximum Gasteiger partial charge on any atom is 0.344 e. The fourth-order valence-corrected chi connectivity index (χ4v) is 2.53. The molecule has 0 atom stereocenters. The molecule has 0 saturated carbocycles. The van der Waals surface area contributed by atoms with Crippen LogP contribution in [0.2, 0.25) is 0 Å². The first-order chi connectivity index (χ1) is 10.7. The van der Waals surface area contributed by atoms with Gasteiger partial charge in [-0.05, 0) is 24.3 Å². The molecule has 1 aromatic heterocycles. The number of benzene rings is 2. The first-order valence-corrected chi connectivity index (χ1v) is 6.78. The van der Waals surface area contributed by atoms with Crippen molar-refractivity contribution in [2.24, 2.45) is 0 Å². The molecule has 0 aliphatic carbocycles.